The number of rotatable bonds is 11. The maximum absolute atomic E-state index is 14.0. The van der Waals surface area contributed by atoms with E-state index in [4.69, 9.17) is 21.1 Å². The van der Waals surface area contributed by atoms with E-state index in [2.05, 4.69) is 10.3 Å². The van der Waals surface area contributed by atoms with Gasteiger partial charge in [-0.3, -0.25) is 9.29 Å². The Morgan fingerprint density at radius 1 is 1.00 bits per heavy atom. The molecule has 0 unspecified atom stereocenters. The molecule has 0 aliphatic heterocycles. The number of hydrogen-bond donors (Lipinski definition) is 1. The summed E-state index contributed by atoms with van der Waals surface area (Å²) in [5.41, 5.74) is 1.51. The number of ether oxygens (including phenoxy) is 2. The summed E-state index contributed by atoms with van der Waals surface area (Å²) in [6.07, 6.45) is 7.22. The van der Waals surface area contributed by atoms with Crippen molar-refractivity contribution in [1.82, 2.24) is 10.3 Å². The van der Waals surface area contributed by atoms with Gasteiger partial charge in [0.05, 0.1) is 24.8 Å². The van der Waals surface area contributed by atoms with Crippen molar-refractivity contribution >= 4 is 44.2 Å². The number of methoxy groups -OCH3 is 2. The van der Waals surface area contributed by atoms with Crippen LogP contribution < -0.4 is 19.1 Å². The fourth-order valence-corrected chi connectivity index (χ4v) is 5.74. The highest BCUT2D eigenvalue weighted by Crippen LogP contribution is 2.35. The quantitative estimate of drug-likeness (QED) is 0.258. The molecule has 0 aliphatic carbocycles. The van der Waals surface area contributed by atoms with Crippen LogP contribution >= 0.6 is 11.6 Å². The van der Waals surface area contributed by atoms with E-state index in [0.717, 1.165) is 10.9 Å². The van der Waals surface area contributed by atoms with Gasteiger partial charge in [-0.15, -0.1) is 0 Å². The first-order valence-corrected chi connectivity index (χ1v) is 13.5. The lowest BCUT2D eigenvalue weighted by atomic mass is 10.2. The van der Waals surface area contributed by atoms with E-state index in [0.29, 0.717) is 40.7 Å². The highest BCUT2D eigenvalue weighted by molar-refractivity contribution is 7.93. The van der Waals surface area contributed by atoms with Gasteiger partial charge < -0.3 is 14.8 Å². The van der Waals surface area contributed by atoms with Gasteiger partial charge in [-0.1, -0.05) is 48.0 Å². The molecule has 0 fully saturated rings. The number of halogens is 1. The van der Waals surface area contributed by atoms with Crippen LogP contribution in [0.25, 0.3) is 16.8 Å². The Morgan fingerprint density at radius 3 is 2.54 bits per heavy atom. The number of nitrogens with zero attached hydrogens (tertiary/aromatic N) is 2. The Morgan fingerprint density at radius 2 is 1.78 bits per heavy atom. The zero-order valence-corrected chi connectivity index (χ0v) is 22.2. The first kappa shape index (κ1) is 26.5. The minimum atomic E-state index is -3.93. The predicted molar refractivity (Wildman–Crippen MR) is 149 cm³/mol. The largest absolute Gasteiger partial charge is 0.493 e. The lowest BCUT2D eigenvalue weighted by Crippen LogP contribution is -2.37. The van der Waals surface area contributed by atoms with E-state index in [1.54, 1.807) is 48.8 Å². The van der Waals surface area contributed by atoms with Crippen molar-refractivity contribution in [2.45, 2.75) is 4.90 Å². The molecule has 0 saturated heterocycles. The second-order valence-electron chi connectivity index (χ2n) is 8.13. The third-order valence-electron chi connectivity index (χ3n) is 5.80. The smallest absolute Gasteiger partial charge is 0.264 e. The summed E-state index contributed by atoms with van der Waals surface area (Å²) in [5, 5.41) is 5.35. The standard InChI is InChI=1S/C28H28ClN3O4S/c1-35-26-13-12-24(19-27(26)36-2)32(18-17-30-15-4-5-21-8-10-23(29)11-9-21)37(33,34)28-7-3-6-22-20-31-16-14-25(22)28/h3-14,16,19-20,30H,15,17-18H2,1-2H3/b5-4+. The molecule has 37 heavy (non-hydrogen) atoms. The molecule has 0 aliphatic rings. The molecule has 3 aromatic carbocycles. The SMILES string of the molecule is COc1ccc(N(CCNC/C=C/c2ccc(Cl)cc2)S(=O)(=O)c2cccc3cnccc23)cc1OC. The van der Waals surface area contributed by atoms with Crippen LogP contribution in [0.15, 0.2) is 90.1 Å². The van der Waals surface area contributed by atoms with Crippen molar-refractivity contribution in [2.75, 3.05) is 38.2 Å². The number of anilines is 1. The molecule has 0 amide bonds. The molecule has 0 spiro atoms. The first-order chi connectivity index (χ1) is 17.9. The Labute approximate surface area is 222 Å². The van der Waals surface area contributed by atoms with Gasteiger partial charge in [-0.2, -0.15) is 0 Å². The Bertz CT molecular complexity index is 1490. The molecule has 1 heterocycles. The molecule has 0 saturated carbocycles. The normalized spacial score (nSPS) is 11.6. The first-order valence-electron chi connectivity index (χ1n) is 11.6. The molecule has 192 valence electrons. The van der Waals surface area contributed by atoms with Gasteiger partial charge in [0, 0.05) is 53.9 Å². The zero-order chi connectivity index (χ0) is 26.3. The van der Waals surface area contributed by atoms with Gasteiger partial charge in [0.2, 0.25) is 0 Å². The molecule has 0 bridgehead atoms. The number of nitrogens with one attached hydrogen (secondary N) is 1. The maximum Gasteiger partial charge on any atom is 0.264 e. The average Bonchev–Trinajstić information content (AvgIpc) is 2.92. The summed E-state index contributed by atoms with van der Waals surface area (Å²) >= 11 is 5.94. The van der Waals surface area contributed by atoms with Crippen molar-refractivity contribution in [3.05, 3.63) is 95.8 Å². The van der Waals surface area contributed by atoms with Gasteiger partial charge in [-0.05, 0) is 42.0 Å². The van der Waals surface area contributed by atoms with Crippen molar-refractivity contribution in [3.63, 3.8) is 0 Å². The molecule has 4 rings (SSSR count). The summed E-state index contributed by atoms with van der Waals surface area (Å²) in [7, 11) is -0.866. The molecule has 4 aromatic rings. The molecule has 0 radical (unpaired) electrons. The van der Waals surface area contributed by atoms with E-state index in [1.165, 1.54) is 18.5 Å². The third kappa shape index (κ3) is 6.22. The molecule has 0 atom stereocenters. The van der Waals surface area contributed by atoms with Crippen molar-refractivity contribution in [1.29, 1.82) is 0 Å². The van der Waals surface area contributed by atoms with Crippen LogP contribution in [0.4, 0.5) is 5.69 Å². The summed E-state index contributed by atoms with van der Waals surface area (Å²) < 4.78 is 40.2. The van der Waals surface area contributed by atoms with E-state index in [9.17, 15) is 8.42 Å². The van der Waals surface area contributed by atoms with Crippen LogP contribution in [0.3, 0.4) is 0 Å². The molecular formula is C28H28ClN3O4S. The minimum Gasteiger partial charge on any atom is -0.493 e. The minimum absolute atomic E-state index is 0.202. The highest BCUT2D eigenvalue weighted by Gasteiger charge is 2.27. The molecule has 1 N–H and O–H groups in total. The fourth-order valence-electron chi connectivity index (χ4n) is 3.94. The summed E-state index contributed by atoms with van der Waals surface area (Å²) in [4.78, 5) is 4.34. The number of fused-ring (bicyclic) bond motifs is 1. The topological polar surface area (TPSA) is 80.8 Å². The number of sulfonamides is 1. The highest BCUT2D eigenvalue weighted by atomic mass is 35.5. The van der Waals surface area contributed by atoms with Gasteiger partial charge in [0.1, 0.15) is 0 Å². The molecule has 7 nitrogen and oxygen atoms in total. The molecular weight excluding hydrogens is 510 g/mol. The van der Waals surface area contributed by atoms with E-state index >= 15 is 0 Å². The van der Waals surface area contributed by atoms with Crippen LogP contribution in [-0.2, 0) is 10.0 Å². The van der Waals surface area contributed by atoms with Gasteiger partial charge in [-0.25, -0.2) is 8.42 Å². The van der Waals surface area contributed by atoms with Gasteiger partial charge in [0.15, 0.2) is 11.5 Å². The number of hydrogen-bond acceptors (Lipinski definition) is 6. The van der Waals surface area contributed by atoms with Crippen molar-refractivity contribution in [2.24, 2.45) is 0 Å². The second kappa shape index (κ2) is 12.1. The molecule has 9 heteroatoms. The lowest BCUT2D eigenvalue weighted by Gasteiger charge is -2.26. The fraction of sp³-hybridized carbons (Fsp3) is 0.179. The Balaban J connectivity index is 1.59. The Kier molecular flexibility index (Phi) is 8.66. The van der Waals surface area contributed by atoms with Crippen LogP contribution in [-0.4, -0.2) is 47.3 Å². The van der Waals surface area contributed by atoms with Crippen LogP contribution in [0, 0.1) is 0 Å². The zero-order valence-electron chi connectivity index (χ0n) is 20.6. The predicted octanol–water partition coefficient (Wildman–Crippen LogP) is 5.40. The summed E-state index contributed by atoms with van der Waals surface area (Å²) in [6.45, 7) is 1.20. The van der Waals surface area contributed by atoms with Gasteiger partial charge >= 0.3 is 0 Å². The van der Waals surface area contributed by atoms with Crippen LogP contribution in [0.2, 0.25) is 5.02 Å². The number of pyridine rings is 1. The second-order valence-corrected chi connectivity index (χ2v) is 10.4. The van der Waals surface area contributed by atoms with E-state index in [-0.39, 0.29) is 11.4 Å². The monoisotopic (exact) mass is 537 g/mol. The van der Waals surface area contributed by atoms with E-state index in [1.807, 2.05) is 42.5 Å². The summed E-state index contributed by atoms with van der Waals surface area (Å²) in [5.74, 6) is 0.964. The number of aromatic nitrogens is 1. The lowest BCUT2D eigenvalue weighted by molar-refractivity contribution is 0.355. The number of benzene rings is 3. The average molecular weight is 538 g/mol. The summed E-state index contributed by atoms with van der Waals surface area (Å²) in [6, 6.07) is 19.5. The third-order valence-corrected chi connectivity index (χ3v) is 7.94. The van der Waals surface area contributed by atoms with Gasteiger partial charge in [0.25, 0.3) is 10.0 Å². The van der Waals surface area contributed by atoms with Crippen LogP contribution in [0.5, 0.6) is 11.5 Å². The van der Waals surface area contributed by atoms with Crippen molar-refractivity contribution < 1.29 is 17.9 Å². The maximum atomic E-state index is 14.0. The Hall–Kier alpha value is -3.59. The van der Waals surface area contributed by atoms with Crippen LogP contribution in [0.1, 0.15) is 5.56 Å². The van der Waals surface area contributed by atoms with Crippen molar-refractivity contribution in [3.8, 4) is 11.5 Å². The van der Waals surface area contributed by atoms with E-state index < -0.39 is 10.0 Å². The molecule has 1 aromatic heterocycles.